The number of carbonyl (C=O) groups excluding carboxylic acids is 1. The van der Waals surface area contributed by atoms with E-state index in [0.717, 1.165) is 52.0 Å². The second kappa shape index (κ2) is 7.69. The van der Waals surface area contributed by atoms with Crippen LogP contribution < -0.4 is 5.32 Å². The molecule has 2 heterocycles. The standard InChI is InChI=1S/C22H32N2O2/c1-17-2-4-19(5-3-17)22(10-11-22)16-24-12-6-20(7-13-24)23-21(25)18-8-14-26-15-9-18/h2-5,18,20H,6-16H2,1H3,(H,23,25). The van der Waals surface area contributed by atoms with Crippen molar-refractivity contribution in [3.05, 3.63) is 35.4 Å². The SMILES string of the molecule is Cc1ccc(C2(CN3CCC(NC(=O)C4CCOCC4)CC3)CC2)cc1. The van der Waals surface area contributed by atoms with Gasteiger partial charge in [-0.15, -0.1) is 0 Å². The van der Waals surface area contributed by atoms with E-state index in [1.807, 2.05) is 0 Å². The third-order valence-electron chi connectivity index (χ3n) is 6.57. The van der Waals surface area contributed by atoms with E-state index in [9.17, 15) is 4.79 Å². The van der Waals surface area contributed by atoms with Crippen molar-refractivity contribution in [1.82, 2.24) is 10.2 Å². The number of hydrogen-bond donors (Lipinski definition) is 1. The van der Waals surface area contributed by atoms with Crippen LogP contribution in [-0.4, -0.2) is 49.7 Å². The number of benzene rings is 1. The molecule has 2 saturated heterocycles. The first-order valence-electron chi connectivity index (χ1n) is 10.3. The first-order valence-corrected chi connectivity index (χ1v) is 10.3. The number of aryl methyl sites for hydroxylation is 1. The molecule has 2 aliphatic heterocycles. The van der Waals surface area contributed by atoms with E-state index >= 15 is 0 Å². The van der Waals surface area contributed by atoms with E-state index in [1.54, 1.807) is 0 Å². The van der Waals surface area contributed by atoms with E-state index in [4.69, 9.17) is 4.74 Å². The first kappa shape index (κ1) is 18.0. The van der Waals surface area contributed by atoms with Crippen molar-refractivity contribution in [2.45, 2.75) is 56.9 Å². The molecule has 26 heavy (non-hydrogen) atoms. The second-order valence-corrected chi connectivity index (χ2v) is 8.59. The number of likely N-dealkylation sites (tertiary alicyclic amines) is 1. The summed E-state index contributed by atoms with van der Waals surface area (Å²) in [4.78, 5) is 15.0. The van der Waals surface area contributed by atoms with E-state index in [0.29, 0.717) is 11.5 Å². The van der Waals surface area contributed by atoms with Crippen LogP contribution in [0.15, 0.2) is 24.3 Å². The fraction of sp³-hybridized carbons (Fsp3) is 0.682. The Balaban J connectivity index is 1.25. The second-order valence-electron chi connectivity index (χ2n) is 8.59. The van der Waals surface area contributed by atoms with Crippen LogP contribution in [-0.2, 0) is 14.9 Å². The summed E-state index contributed by atoms with van der Waals surface area (Å²) in [6.07, 6.45) is 6.55. The van der Waals surface area contributed by atoms with E-state index in [-0.39, 0.29) is 11.8 Å². The van der Waals surface area contributed by atoms with Gasteiger partial charge in [-0.3, -0.25) is 4.79 Å². The summed E-state index contributed by atoms with van der Waals surface area (Å²) in [5, 5.41) is 3.30. The number of amides is 1. The van der Waals surface area contributed by atoms with Crippen LogP contribution in [0.4, 0.5) is 0 Å². The monoisotopic (exact) mass is 356 g/mol. The molecule has 4 heteroatoms. The minimum atomic E-state index is 0.165. The molecule has 4 rings (SSSR count). The molecule has 1 N–H and O–H groups in total. The smallest absolute Gasteiger partial charge is 0.223 e. The molecule has 0 bridgehead atoms. The summed E-state index contributed by atoms with van der Waals surface area (Å²) in [5.74, 6) is 0.420. The van der Waals surface area contributed by atoms with E-state index < -0.39 is 0 Å². The molecule has 0 aromatic heterocycles. The van der Waals surface area contributed by atoms with E-state index in [1.165, 1.54) is 30.5 Å². The number of nitrogens with zero attached hydrogens (tertiary/aromatic N) is 1. The van der Waals surface area contributed by atoms with Gasteiger partial charge in [0.1, 0.15) is 0 Å². The minimum absolute atomic E-state index is 0.165. The zero-order valence-corrected chi connectivity index (χ0v) is 16.0. The van der Waals surface area contributed by atoms with Gasteiger partial charge < -0.3 is 15.0 Å². The van der Waals surface area contributed by atoms with Crippen LogP contribution in [0.3, 0.4) is 0 Å². The lowest BCUT2D eigenvalue weighted by molar-refractivity contribution is -0.128. The van der Waals surface area contributed by atoms with Crippen molar-refractivity contribution >= 4 is 5.91 Å². The minimum Gasteiger partial charge on any atom is -0.381 e. The predicted octanol–water partition coefficient (Wildman–Crippen LogP) is 3.03. The van der Waals surface area contributed by atoms with Crippen LogP contribution in [0.2, 0.25) is 0 Å². The van der Waals surface area contributed by atoms with Gasteiger partial charge in [-0.05, 0) is 51.0 Å². The van der Waals surface area contributed by atoms with Gasteiger partial charge in [0.25, 0.3) is 0 Å². The van der Waals surface area contributed by atoms with Crippen molar-refractivity contribution in [2.24, 2.45) is 5.92 Å². The molecule has 1 aromatic carbocycles. The van der Waals surface area contributed by atoms with Crippen molar-refractivity contribution in [2.75, 3.05) is 32.8 Å². The number of nitrogens with one attached hydrogen (secondary N) is 1. The molecular weight excluding hydrogens is 324 g/mol. The largest absolute Gasteiger partial charge is 0.381 e. The maximum Gasteiger partial charge on any atom is 0.223 e. The number of carbonyl (C=O) groups is 1. The number of rotatable bonds is 5. The van der Waals surface area contributed by atoms with Gasteiger partial charge in [0.2, 0.25) is 5.91 Å². The number of hydrogen-bond acceptors (Lipinski definition) is 3. The molecule has 1 aliphatic carbocycles. The van der Waals surface area contributed by atoms with Crippen molar-refractivity contribution < 1.29 is 9.53 Å². The first-order chi connectivity index (χ1) is 12.6. The maximum atomic E-state index is 12.4. The predicted molar refractivity (Wildman–Crippen MR) is 103 cm³/mol. The molecule has 3 fully saturated rings. The molecule has 0 unspecified atom stereocenters. The normalized spacial score (nSPS) is 24.3. The van der Waals surface area contributed by atoms with Crippen LogP contribution in [0.5, 0.6) is 0 Å². The Bertz CT molecular complexity index is 610. The van der Waals surface area contributed by atoms with Gasteiger partial charge in [0.15, 0.2) is 0 Å². The molecule has 3 aliphatic rings. The Kier molecular flexibility index (Phi) is 5.32. The van der Waals surface area contributed by atoms with Gasteiger partial charge in [-0.1, -0.05) is 29.8 Å². The number of ether oxygens (including phenoxy) is 1. The van der Waals surface area contributed by atoms with Gasteiger partial charge in [0.05, 0.1) is 0 Å². The highest BCUT2D eigenvalue weighted by Crippen LogP contribution is 2.49. The molecule has 142 valence electrons. The molecule has 1 amide bonds. The van der Waals surface area contributed by atoms with Gasteiger partial charge >= 0.3 is 0 Å². The highest BCUT2D eigenvalue weighted by Gasteiger charge is 2.45. The summed E-state index contributed by atoms with van der Waals surface area (Å²) in [7, 11) is 0. The Labute approximate surface area is 157 Å². The van der Waals surface area contributed by atoms with Crippen LogP contribution >= 0.6 is 0 Å². The average Bonchev–Trinajstić information content (AvgIpc) is 3.45. The molecular formula is C22H32N2O2. The van der Waals surface area contributed by atoms with Crippen molar-refractivity contribution in [3.8, 4) is 0 Å². The lowest BCUT2D eigenvalue weighted by Crippen LogP contribution is -2.48. The molecule has 0 atom stereocenters. The summed E-state index contributed by atoms with van der Waals surface area (Å²) < 4.78 is 5.36. The van der Waals surface area contributed by atoms with Gasteiger partial charge in [-0.2, -0.15) is 0 Å². The Morgan fingerprint density at radius 2 is 1.77 bits per heavy atom. The highest BCUT2D eigenvalue weighted by molar-refractivity contribution is 5.79. The zero-order chi connectivity index (χ0) is 18.0. The maximum absolute atomic E-state index is 12.4. The summed E-state index contributed by atoms with van der Waals surface area (Å²) in [6.45, 7) is 7.01. The summed E-state index contributed by atoms with van der Waals surface area (Å²) in [6, 6.07) is 9.49. The summed E-state index contributed by atoms with van der Waals surface area (Å²) >= 11 is 0. The Morgan fingerprint density at radius 3 is 2.38 bits per heavy atom. The van der Waals surface area contributed by atoms with Crippen LogP contribution in [0.25, 0.3) is 0 Å². The summed E-state index contributed by atoms with van der Waals surface area (Å²) in [5.41, 5.74) is 3.25. The molecule has 0 radical (unpaired) electrons. The molecule has 1 saturated carbocycles. The van der Waals surface area contributed by atoms with Gasteiger partial charge in [-0.25, -0.2) is 0 Å². The Hall–Kier alpha value is -1.39. The molecule has 1 aromatic rings. The van der Waals surface area contributed by atoms with E-state index in [2.05, 4.69) is 41.4 Å². The zero-order valence-electron chi connectivity index (χ0n) is 16.0. The third-order valence-corrected chi connectivity index (χ3v) is 6.57. The molecule has 4 nitrogen and oxygen atoms in total. The topological polar surface area (TPSA) is 41.6 Å². The van der Waals surface area contributed by atoms with Crippen molar-refractivity contribution in [1.29, 1.82) is 0 Å². The van der Waals surface area contributed by atoms with Crippen LogP contribution in [0.1, 0.15) is 49.7 Å². The van der Waals surface area contributed by atoms with Crippen LogP contribution in [0, 0.1) is 12.8 Å². The van der Waals surface area contributed by atoms with Gasteiger partial charge in [0, 0.05) is 50.2 Å². The quantitative estimate of drug-likeness (QED) is 0.882. The average molecular weight is 357 g/mol. The highest BCUT2D eigenvalue weighted by atomic mass is 16.5. The third kappa shape index (κ3) is 4.12. The lowest BCUT2D eigenvalue weighted by Gasteiger charge is -2.35. The van der Waals surface area contributed by atoms with Crippen molar-refractivity contribution in [3.63, 3.8) is 0 Å². The fourth-order valence-electron chi connectivity index (χ4n) is 4.54. The lowest BCUT2D eigenvalue weighted by atomic mass is 9.93. The fourth-order valence-corrected chi connectivity index (χ4v) is 4.54. The number of piperidine rings is 1. The molecule has 0 spiro atoms. The Morgan fingerprint density at radius 1 is 1.12 bits per heavy atom.